The van der Waals surface area contributed by atoms with Crippen LogP contribution in [0.2, 0.25) is 0 Å². The minimum Gasteiger partial charge on any atom is -0.349 e. The second kappa shape index (κ2) is 6.20. The molecular formula is C12H13F2N5O. The number of nitrogens with zero attached hydrogens (tertiary/aromatic N) is 3. The van der Waals surface area contributed by atoms with E-state index in [-0.39, 0.29) is 31.1 Å². The lowest BCUT2D eigenvalue weighted by molar-refractivity contribution is -0.119. The van der Waals surface area contributed by atoms with Crippen LogP contribution in [0, 0.1) is 11.6 Å². The molecule has 0 aliphatic heterocycles. The van der Waals surface area contributed by atoms with E-state index >= 15 is 0 Å². The molecule has 1 heterocycles. The average molecular weight is 281 g/mol. The second-order valence-corrected chi connectivity index (χ2v) is 4.09. The molecule has 0 saturated carbocycles. The summed E-state index contributed by atoms with van der Waals surface area (Å²) in [6.45, 7) is -0.0271. The van der Waals surface area contributed by atoms with Crippen LogP contribution in [0.1, 0.15) is 11.3 Å². The summed E-state index contributed by atoms with van der Waals surface area (Å²) < 4.78 is 28.2. The quantitative estimate of drug-likeness (QED) is 0.818. The van der Waals surface area contributed by atoms with Gasteiger partial charge in [0.1, 0.15) is 17.3 Å². The van der Waals surface area contributed by atoms with Crippen LogP contribution in [-0.4, -0.2) is 27.4 Å². The smallest absolute Gasteiger partial charge is 0.234 e. The molecular weight excluding hydrogens is 268 g/mol. The highest BCUT2D eigenvalue weighted by molar-refractivity contribution is 5.77. The minimum absolute atomic E-state index is 0.0731. The molecule has 0 bridgehead atoms. The van der Waals surface area contributed by atoms with Gasteiger partial charge in [0, 0.05) is 5.56 Å². The first-order valence-corrected chi connectivity index (χ1v) is 5.89. The highest BCUT2D eigenvalue weighted by Crippen LogP contribution is 2.13. The van der Waals surface area contributed by atoms with Gasteiger partial charge in [0.15, 0.2) is 0 Å². The molecule has 0 radical (unpaired) electrons. The van der Waals surface area contributed by atoms with Gasteiger partial charge in [-0.3, -0.25) is 4.79 Å². The summed E-state index contributed by atoms with van der Waals surface area (Å²) in [5.41, 5.74) is 5.53. The van der Waals surface area contributed by atoms with Gasteiger partial charge in [-0.2, -0.15) is 0 Å². The van der Waals surface area contributed by atoms with Gasteiger partial charge in [-0.25, -0.2) is 13.5 Å². The molecule has 0 spiro atoms. The van der Waals surface area contributed by atoms with E-state index < -0.39 is 11.6 Å². The summed E-state index contributed by atoms with van der Waals surface area (Å²) in [7, 11) is 0. The van der Waals surface area contributed by atoms with E-state index in [0.717, 1.165) is 0 Å². The minimum atomic E-state index is -0.640. The number of benzene rings is 1. The van der Waals surface area contributed by atoms with Gasteiger partial charge in [0.2, 0.25) is 5.91 Å². The number of hydrogen-bond donors (Lipinski definition) is 2. The van der Waals surface area contributed by atoms with Crippen molar-refractivity contribution in [2.45, 2.75) is 13.1 Å². The topological polar surface area (TPSA) is 85.8 Å². The van der Waals surface area contributed by atoms with Crippen molar-refractivity contribution in [2.24, 2.45) is 5.73 Å². The number of nitrogens with one attached hydrogen (secondary N) is 1. The molecule has 6 nitrogen and oxygen atoms in total. The predicted octanol–water partition coefficient (Wildman–Crippen LogP) is 0.179. The van der Waals surface area contributed by atoms with E-state index in [9.17, 15) is 13.6 Å². The van der Waals surface area contributed by atoms with Crippen LogP contribution >= 0.6 is 0 Å². The number of rotatable bonds is 5. The largest absolute Gasteiger partial charge is 0.349 e. The first kappa shape index (κ1) is 14.1. The van der Waals surface area contributed by atoms with Gasteiger partial charge in [0.05, 0.1) is 25.8 Å². The van der Waals surface area contributed by atoms with Gasteiger partial charge >= 0.3 is 0 Å². The van der Waals surface area contributed by atoms with Crippen LogP contribution in [0.25, 0.3) is 0 Å². The fourth-order valence-corrected chi connectivity index (χ4v) is 1.60. The summed E-state index contributed by atoms with van der Waals surface area (Å²) in [6, 6.07) is 3.65. The molecule has 0 saturated heterocycles. The summed E-state index contributed by atoms with van der Waals surface area (Å²) >= 11 is 0. The Morgan fingerprint density at radius 3 is 2.70 bits per heavy atom. The van der Waals surface area contributed by atoms with Crippen molar-refractivity contribution in [3.8, 4) is 0 Å². The zero-order chi connectivity index (χ0) is 14.5. The second-order valence-electron chi connectivity index (χ2n) is 4.09. The van der Waals surface area contributed by atoms with Crippen LogP contribution in [0.15, 0.2) is 24.4 Å². The highest BCUT2D eigenvalue weighted by atomic mass is 19.1. The summed E-state index contributed by atoms with van der Waals surface area (Å²) in [5.74, 6) is -1.60. The molecule has 20 heavy (non-hydrogen) atoms. The van der Waals surface area contributed by atoms with E-state index in [1.165, 1.54) is 29.1 Å². The number of halogens is 2. The SMILES string of the molecule is NCC(=O)NCc1cn(Cc2c(F)cccc2F)nn1. The first-order valence-electron chi connectivity index (χ1n) is 5.89. The summed E-state index contributed by atoms with van der Waals surface area (Å²) in [5, 5.41) is 10.1. The summed E-state index contributed by atoms with van der Waals surface area (Å²) in [6.07, 6.45) is 1.50. The van der Waals surface area contributed by atoms with Crippen molar-refractivity contribution in [1.29, 1.82) is 0 Å². The molecule has 0 aliphatic rings. The Kier molecular flexibility index (Phi) is 4.36. The Labute approximate surface area is 113 Å². The van der Waals surface area contributed by atoms with Crippen molar-refractivity contribution in [3.05, 3.63) is 47.3 Å². The van der Waals surface area contributed by atoms with Gasteiger partial charge in [-0.15, -0.1) is 5.10 Å². The molecule has 8 heteroatoms. The fraction of sp³-hybridized carbons (Fsp3) is 0.250. The Balaban J connectivity index is 2.04. The van der Waals surface area contributed by atoms with Gasteiger partial charge in [-0.05, 0) is 12.1 Å². The van der Waals surface area contributed by atoms with Gasteiger partial charge in [-0.1, -0.05) is 11.3 Å². The fourth-order valence-electron chi connectivity index (χ4n) is 1.60. The molecule has 3 N–H and O–H groups in total. The Bertz CT molecular complexity index is 593. The lowest BCUT2D eigenvalue weighted by Gasteiger charge is -2.04. The molecule has 0 fully saturated rings. The molecule has 0 aliphatic carbocycles. The van der Waals surface area contributed by atoms with E-state index in [1.54, 1.807) is 0 Å². The van der Waals surface area contributed by atoms with E-state index in [0.29, 0.717) is 5.69 Å². The van der Waals surface area contributed by atoms with Crippen LogP contribution in [-0.2, 0) is 17.9 Å². The molecule has 2 aromatic rings. The van der Waals surface area contributed by atoms with Crippen molar-refractivity contribution in [2.75, 3.05) is 6.54 Å². The highest BCUT2D eigenvalue weighted by Gasteiger charge is 2.10. The Hall–Kier alpha value is -2.35. The van der Waals surface area contributed by atoms with Crippen LogP contribution in [0.5, 0.6) is 0 Å². The van der Waals surface area contributed by atoms with E-state index in [2.05, 4.69) is 15.6 Å². The predicted molar refractivity (Wildman–Crippen MR) is 66.4 cm³/mol. The van der Waals surface area contributed by atoms with Gasteiger partial charge in [0.25, 0.3) is 0 Å². The standard InChI is InChI=1S/C12H13F2N5O/c13-10-2-1-3-11(14)9(10)7-19-6-8(17-18-19)5-16-12(20)4-15/h1-3,6H,4-5,7,15H2,(H,16,20). The lowest BCUT2D eigenvalue weighted by atomic mass is 10.2. The lowest BCUT2D eigenvalue weighted by Crippen LogP contribution is -2.29. The third kappa shape index (κ3) is 3.35. The number of amides is 1. The van der Waals surface area contributed by atoms with Crippen molar-refractivity contribution < 1.29 is 13.6 Å². The normalized spacial score (nSPS) is 10.6. The number of carbonyl (C=O) groups excluding carboxylic acids is 1. The third-order valence-electron chi connectivity index (χ3n) is 2.62. The zero-order valence-corrected chi connectivity index (χ0v) is 10.5. The monoisotopic (exact) mass is 281 g/mol. The van der Waals surface area contributed by atoms with Crippen LogP contribution in [0.3, 0.4) is 0 Å². The van der Waals surface area contributed by atoms with Crippen molar-refractivity contribution in [1.82, 2.24) is 20.3 Å². The number of nitrogens with two attached hydrogens (primary N) is 1. The number of hydrogen-bond acceptors (Lipinski definition) is 4. The maximum Gasteiger partial charge on any atom is 0.234 e. The Morgan fingerprint density at radius 2 is 2.05 bits per heavy atom. The molecule has 106 valence electrons. The van der Waals surface area contributed by atoms with E-state index in [1.807, 2.05) is 0 Å². The molecule has 1 aromatic carbocycles. The third-order valence-corrected chi connectivity index (χ3v) is 2.62. The van der Waals surface area contributed by atoms with Crippen molar-refractivity contribution >= 4 is 5.91 Å². The average Bonchev–Trinajstić information content (AvgIpc) is 2.88. The first-order chi connectivity index (χ1) is 9.60. The molecule has 1 amide bonds. The molecule has 1 aromatic heterocycles. The summed E-state index contributed by atoms with van der Waals surface area (Å²) in [4.78, 5) is 11.0. The van der Waals surface area contributed by atoms with Gasteiger partial charge < -0.3 is 11.1 Å². The van der Waals surface area contributed by atoms with Crippen LogP contribution in [0.4, 0.5) is 8.78 Å². The Morgan fingerprint density at radius 1 is 1.35 bits per heavy atom. The number of aromatic nitrogens is 3. The molecule has 0 unspecified atom stereocenters. The number of carbonyl (C=O) groups is 1. The zero-order valence-electron chi connectivity index (χ0n) is 10.5. The van der Waals surface area contributed by atoms with Crippen molar-refractivity contribution in [3.63, 3.8) is 0 Å². The molecule has 2 rings (SSSR count). The van der Waals surface area contributed by atoms with E-state index in [4.69, 9.17) is 5.73 Å². The van der Waals surface area contributed by atoms with Crippen LogP contribution < -0.4 is 11.1 Å². The maximum absolute atomic E-state index is 13.5. The maximum atomic E-state index is 13.5. The molecule has 0 atom stereocenters.